The smallest absolute Gasteiger partial charge is 0.407 e. The van der Waals surface area contributed by atoms with E-state index in [0.717, 1.165) is 0 Å². The zero-order valence-electron chi connectivity index (χ0n) is 15.0. The van der Waals surface area contributed by atoms with Crippen LogP contribution in [0.1, 0.15) is 0 Å². The Hall–Kier alpha value is -3.46. The van der Waals surface area contributed by atoms with Gasteiger partial charge in [-0.1, -0.05) is 11.6 Å². The number of carbonyl (C=O) groups excluding carboxylic acids is 2. The Morgan fingerprint density at radius 3 is 2.86 bits per heavy atom. The molecular formula is C19H14ClFN4O4. The molecule has 0 spiro atoms. The maximum absolute atomic E-state index is 13.5. The van der Waals surface area contributed by atoms with Crippen molar-refractivity contribution in [3.05, 3.63) is 47.5 Å². The molecule has 0 bridgehead atoms. The number of rotatable bonds is 4. The number of aromatic nitrogens is 2. The van der Waals surface area contributed by atoms with E-state index in [0.29, 0.717) is 33.6 Å². The molecule has 1 aliphatic rings. The summed E-state index contributed by atoms with van der Waals surface area (Å²) < 4.78 is 23.6. The largest absolute Gasteiger partial charge is 0.494 e. The monoisotopic (exact) mass is 416 g/mol. The van der Waals surface area contributed by atoms with Crippen LogP contribution in [-0.4, -0.2) is 41.7 Å². The molecule has 2 N–H and O–H groups in total. The number of fused-ring (bicyclic) bond motifs is 1. The Morgan fingerprint density at radius 1 is 1.34 bits per heavy atom. The highest BCUT2D eigenvalue weighted by Crippen LogP contribution is 2.35. The number of ether oxygens (including phenoxy) is 2. The lowest BCUT2D eigenvalue weighted by Gasteiger charge is -2.14. The van der Waals surface area contributed by atoms with E-state index in [1.807, 2.05) is 0 Å². The van der Waals surface area contributed by atoms with Crippen LogP contribution in [0.4, 0.5) is 14.9 Å². The third-order valence-electron chi connectivity index (χ3n) is 4.40. The van der Waals surface area contributed by atoms with Gasteiger partial charge in [-0.15, -0.1) is 0 Å². The molecule has 2 amide bonds. The molecule has 3 aromatic rings. The number of hydrogen-bond donors (Lipinski definition) is 2. The van der Waals surface area contributed by atoms with Crippen LogP contribution in [0.5, 0.6) is 5.75 Å². The molecule has 10 heteroatoms. The first-order valence-corrected chi connectivity index (χ1v) is 8.86. The minimum Gasteiger partial charge on any atom is -0.494 e. The summed E-state index contributed by atoms with van der Waals surface area (Å²) in [5.74, 6) is -0.626. The normalized spacial score (nSPS) is 15.7. The standard InChI is InChI=1S/C19H14ClFN4O4/c1-28-16-6-13-10(5-14(16)24-18(26)15-7-29-19(27)25-15)17(23-8-22-13)9-2-3-12(21)11(20)4-9/h2-6,8,15H,7H2,1H3,(H,24,26)(H,25,27)/t15-/m0/s1. The Bertz CT molecular complexity index is 1140. The summed E-state index contributed by atoms with van der Waals surface area (Å²) in [5.41, 5.74) is 2.01. The molecular weight excluding hydrogens is 403 g/mol. The molecule has 1 atom stereocenters. The van der Waals surface area contributed by atoms with E-state index in [-0.39, 0.29) is 11.6 Å². The van der Waals surface area contributed by atoms with Crippen molar-refractivity contribution in [1.29, 1.82) is 0 Å². The highest BCUT2D eigenvalue weighted by Gasteiger charge is 2.29. The lowest BCUT2D eigenvalue weighted by molar-refractivity contribution is -0.117. The zero-order chi connectivity index (χ0) is 20.5. The highest BCUT2D eigenvalue weighted by atomic mass is 35.5. The van der Waals surface area contributed by atoms with Crippen molar-refractivity contribution in [3.8, 4) is 17.0 Å². The van der Waals surface area contributed by atoms with Crippen molar-refractivity contribution >= 4 is 40.2 Å². The fourth-order valence-corrected chi connectivity index (χ4v) is 3.15. The van der Waals surface area contributed by atoms with E-state index >= 15 is 0 Å². The second-order valence-corrected chi connectivity index (χ2v) is 6.61. The second-order valence-electron chi connectivity index (χ2n) is 6.21. The van der Waals surface area contributed by atoms with Gasteiger partial charge in [-0.25, -0.2) is 19.2 Å². The van der Waals surface area contributed by atoms with Crippen molar-refractivity contribution in [2.45, 2.75) is 6.04 Å². The van der Waals surface area contributed by atoms with E-state index in [1.165, 1.54) is 25.6 Å². The van der Waals surface area contributed by atoms with Gasteiger partial charge >= 0.3 is 6.09 Å². The molecule has 2 aromatic carbocycles. The van der Waals surface area contributed by atoms with Crippen molar-refractivity contribution in [1.82, 2.24) is 15.3 Å². The summed E-state index contributed by atoms with van der Waals surface area (Å²) in [6, 6.07) is 6.75. The van der Waals surface area contributed by atoms with Crippen LogP contribution < -0.4 is 15.4 Å². The van der Waals surface area contributed by atoms with Crippen LogP contribution in [0, 0.1) is 5.82 Å². The van der Waals surface area contributed by atoms with Gasteiger partial charge in [0.1, 0.15) is 30.5 Å². The molecule has 1 aliphatic heterocycles. The number of nitrogens with one attached hydrogen (secondary N) is 2. The zero-order valence-corrected chi connectivity index (χ0v) is 15.8. The maximum Gasteiger partial charge on any atom is 0.407 e. The summed E-state index contributed by atoms with van der Waals surface area (Å²) in [5, 5.41) is 5.68. The number of cyclic esters (lactones) is 1. The van der Waals surface area contributed by atoms with Crippen LogP contribution in [0.3, 0.4) is 0 Å². The van der Waals surface area contributed by atoms with Gasteiger partial charge < -0.3 is 20.1 Å². The maximum atomic E-state index is 13.5. The number of benzene rings is 2. The summed E-state index contributed by atoms with van der Waals surface area (Å²) in [6.07, 6.45) is 0.720. The van der Waals surface area contributed by atoms with Gasteiger partial charge in [0.25, 0.3) is 5.91 Å². The predicted octanol–water partition coefficient (Wildman–Crippen LogP) is 3.14. The van der Waals surface area contributed by atoms with Gasteiger partial charge in [-0.05, 0) is 24.3 Å². The third-order valence-corrected chi connectivity index (χ3v) is 4.69. The molecule has 0 radical (unpaired) electrons. The SMILES string of the molecule is COc1cc2ncnc(-c3ccc(F)c(Cl)c3)c2cc1NC(=O)[C@@H]1COC(=O)N1. The van der Waals surface area contributed by atoms with Gasteiger partial charge in [0.05, 0.1) is 29.0 Å². The van der Waals surface area contributed by atoms with E-state index in [4.69, 9.17) is 21.1 Å². The third kappa shape index (κ3) is 3.64. The van der Waals surface area contributed by atoms with Crippen molar-refractivity contribution in [3.63, 3.8) is 0 Å². The number of halogens is 2. The summed E-state index contributed by atoms with van der Waals surface area (Å²) in [4.78, 5) is 32.1. The summed E-state index contributed by atoms with van der Waals surface area (Å²) in [6.45, 7) is -0.0665. The number of anilines is 1. The molecule has 29 heavy (non-hydrogen) atoms. The number of nitrogens with zero attached hydrogens (tertiary/aromatic N) is 2. The number of hydrogen-bond acceptors (Lipinski definition) is 6. The molecule has 0 unspecified atom stereocenters. The predicted molar refractivity (Wildman–Crippen MR) is 103 cm³/mol. The van der Waals surface area contributed by atoms with Crippen LogP contribution in [-0.2, 0) is 9.53 Å². The van der Waals surface area contributed by atoms with Crippen LogP contribution >= 0.6 is 11.6 Å². The molecule has 4 rings (SSSR count). The van der Waals surface area contributed by atoms with E-state index in [9.17, 15) is 14.0 Å². The molecule has 0 aliphatic carbocycles. The number of carbonyl (C=O) groups is 2. The first kappa shape index (κ1) is 18.9. The Balaban J connectivity index is 1.77. The van der Waals surface area contributed by atoms with Crippen LogP contribution in [0.2, 0.25) is 5.02 Å². The molecule has 2 heterocycles. The number of methoxy groups -OCH3 is 1. The first-order chi connectivity index (χ1) is 14.0. The second kappa shape index (κ2) is 7.51. The van der Waals surface area contributed by atoms with Gasteiger partial charge in [0, 0.05) is 17.0 Å². The van der Waals surface area contributed by atoms with Crippen LogP contribution in [0.15, 0.2) is 36.7 Å². The van der Waals surface area contributed by atoms with Gasteiger partial charge in [-0.2, -0.15) is 0 Å². The van der Waals surface area contributed by atoms with E-state index in [1.54, 1.807) is 18.2 Å². The quantitative estimate of drug-likeness (QED) is 0.677. The topological polar surface area (TPSA) is 102 Å². The molecule has 1 aromatic heterocycles. The van der Waals surface area contributed by atoms with Gasteiger partial charge in [-0.3, -0.25) is 4.79 Å². The lowest BCUT2D eigenvalue weighted by atomic mass is 10.1. The fraction of sp³-hybridized carbons (Fsp3) is 0.158. The molecule has 8 nitrogen and oxygen atoms in total. The summed E-state index contributed by atoms with van der Waals surface area (Å²) >= 11 is 5.91. The number of alkyl carbamates (subject to hydrolysis) is 1. The van der Waals surface area contributed by atoms with Gasteiger partial charge in [0.2, 0.25) is 0 Å². The molecule has 1 fully saturated rings. The average molecular weight is 417 g/mol. The van der Waals surface area contributed by atoms with Crippen LogP contribution in [0.25, 0.3) is 22.2 Å². The Kier molecular flexibility index (Phi) is 4.89. The van der Waals surface area contributed by atoms with Gasteiger partial charge in [0.15, 0.2) is 0 Å². The minimum atomic E-state index is -0.815. The summed E-state index contributed by atoms with van der Waals surface area (Å²) in [7, 11) is 1.46. The Labute approximate surface area is 169 Å². The molecule has 1 saturated heterocycles. The Morgan fingerprint density at radius 2 is 2.17 bits per heavy atom. The number of amides is 2. The van der Waals surface area contributed by atoms with Crippen molar-refractivity contribution in [2.75, 3.05) is 19.0 Å². The first-order valence-electron chi connectivity index (χ1n) is 8.48. The molecule has 0 saturated carbocycles. The fourth-order valence-electron chi connectivity index (χ4n) is 2.97. The van der Waals surface area contributed by atoms with Crippen molar-refractivity contribution in [2.24, 2.45) is 0 Å². The van der Waals surface area contributed by atoms with Crippen molar-refractivity contribution < 1.29 is 23.5 Å². The molecule has 148 valence electrons. The van der Waals surface area contributed by atoms with E-state index in [2.05, 4.69) is 20.6 Å². The van der Waals surface area contributed by atoms with E-state index < -0.39 is 23.9 Å². The highest BCUT2D eigenvalue weighted by molar-refractivity contribution is 6.31. The average Bonchev–Trinajstić information content (AvgIpc) is 3.15. The lowest BCUT2D eigenvalue weighted by Crippen LogP contribution is -2.38. The minimum absolute atomic E-state index is 0.0340.